The molecule has 0 atom stereocenters. The molecule has 7 nitrogen and oxygen atoms in total. The van der Waals surface area contributed by atoms with Gasteiger partial charge in [0.05, 0.1) is 11.1 Å². The molecule has 0 aliphatic rings. The summed E-state index contributed by atoms with van der Waals surface area (Å²) in [5.41, 5.74) is 1.04. The second-order valence-electron chi connectivity index (χ2n) is 4.09. The molecule has 112 valence electrons. The number of nitrogens with zero attached hydrogens (tertiary/aromatic N) is 2. The number of anilines is 1. The summed E-state index contributed by atoms with van der Waals surface area (Å²) in [4.78, 5) is 26.1. The van der Waals surface area contributed by atoms with Crippen LogP contribution in [-0.4, -0.2) is 17.2 Å². The van der Waals surface area contributed by atoms with E-state index >= 15 is 0 Å². The monoisotopic (exact) mass is 319 g/mol. The number of hydrogen-bond donors (Lipinski definition) is 1. The van der Waals surface area contributed by atoms with Crippen LogP contribution in [0.4, 0.5) is 16.2 Å². The average Bonchev–Trinajstić information content (AvgIpc) is 2.50. The Morgan fingerprint density at radius 3 is 2.41 bits per heavy atom. The van der Waals surface area contributed by atoms with E-state index in [1.54, 1.807) is 24.3 Å². The van der Waals surface area contributed by atoms with Crippen molar-refractivity contribution >= 4 is 35.3 Å². The van der Waals surface area contributed by atoms with E-state index in [0.717, 1.165) is 0 Å². The first kappa shape index (κ1) is 15.5. The van der Waals surface area contributed by atoms with Crippen LogP contribution in [0.3, 0.4) is 0 Å². The second kappa shape index (κ2) is 7.19. The highest BCUT2D eigenvalue weighted by atomic mass is 35.5. The summed E-state index contributed by atoms with van der Waals surface area (Å²) in [6, 6.07) is 12.1. The number of halogens is 1. The zero-order valence-corrected chi connectivity index (χ0v) is 11.9. The Balaban J connectivity index is 1.87. The van der Waals surface area contributed by atoms with E-state index < -0.39 is 11.0 Å². The van der Waals surface area contributed by atoms with Gasteiger partial charge in [-0.05, 0) is 42.0 Å². The van der Waals surface area contributed by atoms with Gasteiger partial charge in [0, 0.05) is 22.8 Å². The van der Waals surface area contributed by atoms with Crippen LogP contribution in [0.1, 0.15) is 5.56 Å². The van der Waals surface area contributed by atoms with Crippen molar-refractivity contribution < 1.29 is 14.6 Å². The number of nitrogens with one attached hydrogen (secondary N) is 1. The van der Waals surface area contributed by atoms with Crippen molar-refractivity contribution in [3.05, 3.63) is 69.2 Å². The SMILES string of the molecule is O=C(Nc1ccc(Cl)cc1)ON=Cc1ccc([N+](=O)[O-])cc1. The number of oxime groups is 1. The van der Waals surface area contributed by atoms with Gasteiger partial charge in [-0.1, -0.05) is 16.8 Å². The number of nitro benzene ring substituents is 1. The largest absolute Gasteiger partial charge is 0.437 e. The summed E-state index contributed by atoms with van der Waals surface area (Å²) in [5, 5.41) is 17.0. The topological polar surface area (TPSA) is 93.8 Å². The van der Waals surface area contributed by atoms with Crippen molar-refractivity contribution in [2.45, 2.75) is 0 Å². The van der Waals surface area contributed by atoms with Gasteiger partial charge >= 0.3 is 6.09 Å². The summed E-state index contributed by atoms with van der Waals surface area (Å²) in [5.74, 6) is 0. The maximum absolute atomic E-state index is 11.5. The molecular formula is C14H10ClN3O4. The Hall–Kier alpha value is -2.93. The highest BCUT2D eigenvalue weighted by Crippen LogP contribution is 2.13. The lowest BCUT2D eigenvalue weighted by Crippen LogP contribution is -2.10. The molecule has 1 amide bonds. The molecule has 0 saturated carbocycles. The van der Waals surface area contributed by atoms with Gasteiger partial charge in [-0.2, -0.15) is 0 Å². The highest BCUT2D eigenvalue weighted by molar-refractivity contribution is 6.30. The van der Waals surface area contributed by atoms with Crippen LogP contribution in [0.15, 0.2) is 53.7 Å². The zero-order valence-electron chi connectivity index (χ0n) is 11.1. The van der Waals surface area contributed by atoms with Crippen LogP contribution in [0.2, 0.25) is 5.02 Å². The van der Waals surface area contributed by atoms with Crippen LogP contribution >= 0.6 is 11.6 Å². The minimum absolute atomic E-state index is 0.0291. The van der Waals surface area contributed by atoms with Gasteiger partial charge in [0.15, 0.2) is 0 Å². The summed E-state index contributed by atoms with van der Waals surface area (Å²) in [6.45, 7) is 0. The van der Waals surface area contributed by atoms with E-state index in [-0.39, 0.29) is 5.69 Å². The van der Waals surface area contributed by atoms with Gasteiger partial charge in [-0.3, -0.25) is 20.3 Å². The first-order valence-electron chi connectivity index (χ1n) is 6.06. The maximum Gasteiger partial charge on any atom is 0.437 e. The van der Waals surface area contributed by atoms with Crippen LogP contribution in [-0.2, 0) is 4.84 Å². The molecular weight excluding hydrogens is 310 g/mol. The fraction of sp³-hybridized carbons (Fsp3) is 0. The molecule has 0 aliphatic heterocycles. The molecule has 0 spiro atoms. The fourth-order valence-electron chi connectivity index (χ4n) is 1.49. The van der Waals surface area contributed by atoms with Crippen molar-refractivity contribution in [2.24, 2.45) is 5.16 Å². The normalized spacial score (nSPS) is 10.4. The molecule has 0 saturated heterocycles. The lowest BCUT2D eigenvalue weighted by atomic mass is 10.2. The molecule has 0 unspecified atom stereocenters. The van der Waals surface area contributed by atoms with Crippen molar-refractivity contribution in [3.8, 4) is 0 Å². The number of amides is 1. The van der Waals surface area contributed by atoms with Crippen molar-refractivity contribution in [1.29, 1.82) is 0 Å². The molecule has 0 heterocycles. The summed E-state index contributed by atoms with van der Waals surface area (Å²) in [7, 11) is 0. The molecule has 2 aromatic rings. The molecule has 2 rings (SSSR count). The number of non-ortho nitro benzene ring substituents is 1. The van der Waals surface area contributed by atoms with Crippen LogP contribution in [0.25, 0.3) is 0 Å². The van der Waals surface area contributed by atoms with E-state index in [9.17, 15) is 14.9 Å². The first-order valence-corrected chi connectivity index (χ1v) is 6.44. The molecule has 0 aliphatic carbocycles. The number of hydrogen-bond acceptors (Lipinski definition) is 5. The van der Waals surface area contributed by atoms with E-state index in [1.807, 2.05) is 0 Å². The highest BCUT2D eigenvalue weighted by Gasteiger charge is 2.04. The molecule has 1 N–H and O–H groups in total. The van der Waals surface area contributed by atoms with Crippen LogP contribution < -0.4 is 5.32 Å². The van der Waals surface area contributed by atoms with Gasteiger partial charge in [0.25, 0.3) is 5.69 Å². The van der Waals surface area contributed by atoms with Crippen LogP contribution in [0.5, 0.6) is 0 Å². The summed E-state index contributed by atoms with van der Waals surface area (Å²) < 4.78 is 0. The smallest absolute Gasteiger partial charge is 0.298 e. The van der Waals surface area contributed by atoms with Crippen molar-refractivity contribution in [2.75, 3.05) is 5.32 Å². The zero-order chi connectivity index (χ0) is 15.9. The molecule has 8 heteroatoms. The summed E-state index contributed by atoms with van der Waals surface area (Å²) >= 11 is 5.72. The molecule has 0 bridgehead atoms. The summed E-state index contributed by atoms with van der Waals surface area (Å²) in [6.07, 6.45) is 0.506. The third-order valence-electron chi connectivity index (χ3n) is 2.53. The minimum atomic E-state index is -0.763. The lowest BCUT2D eigenvalue weighted by molar-refractivity contribution is -0.384. The van der Waals surface area contributed by atoms with Gasteiger partial charge in [-0.15, -0.1) is 0 Å². The Kier molecular flexibility index (Phi) is 5.05. The third kappa shape index (κ3) is 4.57. The van der Waals surface area contributed by atoms with E-state index in [2.05, 4.69) is 15.3 Å². The molecule has 22 heavy (non-hydrogen) atoms. The van der Waals surface area contributed by atoms with Gasteiger partial charge in [0.2, 0.25) is 0 Å². The predicted octanol–water partition coefficient (Wildman–Crippen LogP) is 3.83. The second-order valence-corrected chi connectivity index (χ2v) is 4.53. The fourth-order valence-corrected chi connectivity index (χ4v) is 1.62. The van der Waals surface area contributed by atoms with E-state index in [1.165, 1.54) is 30.5 Å². The quantitative estimate of drug-likeness (QED) is 0.401. The maximum atomic E-state index is 11.5. The Morgan fingerprint density at radius 1 is 1.18 bits per heavy atom. The van der Waals surface area contributed by atoms with E-state index in [4.69, 9.17) is 11.6 Å². The van der Waals surface area contributed by atoms with Gasteiger partial charge in [-0.25, -0.2) is 4.79 Å². The Labute approximate surface area is 130 Å². The third-order valence-corrected chi connectivity index (χ3v) is 2.78. The number of nitro groups is 1. The molecule has 0 fully saturated rings. The number of benzene rings is 2. The first-order chi connectivity index (χ1) is 10.5. The van der Waals surface area contributed by atoms with Gasteiger partial charge in [0.1, 0.15) is 0 Å². The molecule has 0 aromatic heterocycles. The minimum Gasteiger partial charge on any atom is -0.298 e. The average molecular weight is 320 g/mol. The van der Waals surface area contributed by atoms with Crippen molar-refractivity contribution in [3.63, 3.8) is 0 Å². The lowest BCUT2D eigenvalue weighted by Gasteiger charge is -2.02. The number of rotatable bonds is 4. The van der Waals surface area contributed by atoms with E-state index in [0.29, 0.717) is 16.3 Å². The Bertz CT molecular complexity index is 699. The Morgan fingerprint density at radius 2 is 1.82 bits per heavy atom. The predicted molar refractivity (Wildman–Crippen MR) is 82.2 cm³/mol. The van der Waals surface area contributed by atoms with Crippen molar-refractivity contribution in [1.82, 2.24) is 0 Å². The molecule has 2 aromatic carbocycles. The number of carbonyl (C=O) groups excluding carboxylic acids is 1. The van der Waals surface area contributed by atoms with Gasteiger partial charge < -0.3 is 0 Å². The van der Waals surface area contributed by atoms with Crippen LogP contribution in [0, 0.1) is 10.1 Å². The molecule has 0 radical (unpaired) electrons. The standard InChI is InChI=1S/C14H10ClN3O4/c15-11-3-5-12(6-4-11)17-14(19)22-16-9-10-1-7-13(8-2-10)18(20)21/h1-9H,(H,17,19). The number of carbonyl (C=O) groups is 1.